The Balaban J connectivity index is 1.80. The Bertz CT molecular complexity index is 845. The van der Waals surface area contributed by atoms with E-state index in [4.69, 9.17) is 5.14 Å². The molecule has 0 bridgehead atoms. The Morgan fingerprint density at radius 2 is 1.62 bits per heavy atom. The number of aromatic nitrogens is 2. The van der Waals surface area contributed by atoms with E-state index in [0.29, 0.717) is 18.8 Å². The van der Waals surface area contributed by atoms with Gasteiger partial charge < -0.3 is 9.80 Å². The Labute approximate surface area is 142 Å². The molecule has 0 saturated carbocycles. The van der Waals surface area contributed by atoms with Gasteiger partial charge in [0.15, 0.2) is 0 Å². The minimum absolute atomic E-state index is 0.174. The lowest BCUT2D eigenvalue weighted by molar-refractivity contribution is 0.595. The van der Waals surface area contributed by atoms with Crippen molar-refractivity contribution in [3.05, 3.63) is 41.9 Å². The Kier molecular flexibility index (Phi) is 4.42. The second-order valence-electron chi connectivity index (χ2n) is 5.89. The molecule has 1 aromatic carbocycles. The number of hydrogen-bond acceptors (Lipinski definition) is 6. The molecule has 2 N–H and O–H groups in total. The molecule has 1 fully saturated rings. The third-order valence-corrected chi connectivity index (χ3v) is 5.36. The molecule has 3 rings (SSSR count). The topological polar surface area (TPSA) is 92.4 Å². The summed E-state index contributed by atoms with van der Waals surface area (Å²) in [6.45, 7) is 6.92. The van der Waals surface area contributed by atoms with Crippen LogP contribution < -0.4 is 14.9 Å². The molecule has 0 aliphatic carbocycles. The Morgan fingerprint density at radius 3 is 2.29 bits per heavy atom. The summed E-state index contributed by atoms with van der Waals surface area (Å²) in [5.41, 5.74) is 2.72. The summed E-state index contributed by atoms with van der Waals surface area (Å²) in [6.07, 6.45) is 1.58. The van der Waals surface area contributed by atoms with Crippen molar-refractivity contribution in [2.45, 2.75) is 18.7 Å². The summed E-state index contributed by atoms with van der Waals surface area (Å²) in [7, 11) is -3.74. The van der Waals surface area contributed by atoms with Gasteiger partial charge in [0.05, 0.1) is 5.69 Å². The fourth-order valence-electron chi connectivity index (χ4n) is 2.96. The number of anilines is 2. The van der Waals surface area contributed by atoms with Crippen molar-refractivity contribution in [2.75, 3.05) is 36.0 Å². The van der Waals surface area contributed by atoms with Gasteiger partial charge in [0.2, 0.25) is 10.0 Å². The Hall–Kier alpha value is -2.19. The molecular formula is C16H21N5O2S. The van der Waals surface area contributed by atoms with Gasteiger partial charge in [0.25, 0.3) is 0 Å². The largest absolute Gasteiger partial charge is 0.367 e. The van der Waals surface area contributed by atoms with Crippen molar-refractivity contribution in [1.82, 2.24) is 9.97 Å². The van der Waals surface area contributed by atoms with Gasteiger partial charge in [-0.1, -0.05) is 12.1 Å². The van der Waals surface area contributed by atoms with Crippen LogP contribution in [0.15, 0.2) is 35.5 Å². The molecule has 1 saturated heterocycles. The summed E-state index contributed by atoms with van der Waals surface area (Å²) in [5, 5.41) is 5.34. The van der Waals surface area contributed by atoms with E-state index in [2.05, 4.69) is 19.8 Å². The van der Waals surface area contributed by atoms with Gasteiger partial charge in [-0.25, -0.2) is 23.5 Å². The highest BCUT2D eigenvalue weighted by atomic mass is 32.2. The highest BCUT2D eigenvalue weighted by Crippen LogP contribution is 2.26. The first-order chi connectivity index (χ1) is 11.4. The highest BCUT2D eigenvalue weighted by molar-refractivity contribution is 7.89. The van der Waals surface area contributed by atoms with Gasteiger partial charge in [-0.3, -0.25) is 0 Å². The number of sulfonamides is 1. The summed E-state index contributed by atoms with van der Waals surface area (Å²) >= 11 is 0. The van der Waals surface area contributed by atoms with Gasteiger partial charge >= 0.3 is 0 Å². The van der Waals surface area contributed by atoms with Crippen LogP contribution in [-0.4, -0.2) is 44.6 Å². The van der Waals surface area contributed by atoms with Gasteiger partial charge in [-0.2, -0.15) is 0 Å². The maximum absolute atomic E-state index is 11.8. The second kappa shape index (κ2) is 6.37. The number of nitrogens with two attached hydrogens (primary N) is 1. The predicted octanol–water partition coefficient (Wildman–Crippen LogP) is 1.07. The predicted molar refractivity (Wildman–Crippen MR) is 93.7 cm³/mol. The van der Waals surface area contributed by atoms with Gasteiger partial charge in [-0.15, -0.1) is 0 Å². The fourth-order valence-corrected chi connectivity index (χ4v) is 3.72. The molecule has 0 amide bonds. The summed E-state index contributed by atoms with van der Waals surface area (Å²) < 4.78 is 23.6. The normalized spacial score (nSPS) is 15.6. The monoisotopic (exact) mass is 347 g/mol. The lowest BCUT2D eigenvalue weighted by atomic mass is 10.2. The smallest absolute Gasteiger partial charge is 0.240 e. The molecule has 0 atom stereocenters. The van der Waals surface area contributed by atoms with Crippen molar-refractivity contribution < 1.29 is 8.42 Å². The summed E-state index contributed by atoms with van der Waals surface area (Å²) in [5.74, 6) is 0.946. The number of nitrogens with zero attached hydrogens (tertiary/aromatic N) is 4. The zero-order chi connectivity index (χ0) is 17.3. The molecule has 0 spiro atoms. The van der Waals surface area contributed by atoms with Crippen LogP contribution in [0.3, 0.4) is 0 Å². The minimum Gasteiger partial charge on any atom is -0.367 e. The van der Waals surface area contributed by atoms with Gasteiger partial charge in [-0.05, 0) is 26.0 Å². The fraction of sp³-hybridized carbons (Fsp3) is 0.375. The van der Waals surface area contributed by atoms with Crippen LogP contribution >= 0.6 is 0 Å². The maximum atomic E-state index is 11.8. The third-order valence-electron chi connectivity index (χ3n) is 4.40. The number of hydrogen-bond donors (Lipinski definition) is 1. The SMILES string of the molecule is Cc1ncnc(N2CCN(c3ccccc3S(N)(=O)=O)CC2)c1C. The molecule has 7 nitrogen and oxygen atoms in total. The average molecular weight is 347 g/mol. The molecule has 0 radical (unpaired) electrons. The average Bonchev–Trinajstić information content (AvgIpc) is 2.57. The first-order valence-corrected chi connectivity index (χ1v) is 9.32. The molecule has 24 heavy (non-hydrogen) atoms. The lowest BCUT2D eigenvalue weighted by Crippen LogP contribution is -2.47. The quantitative estimate of drug-likeness (QED) is 0.893. The van der Waals surface area contributed by atoms with E-state index in [9.17, 15) is 8.42 Å². The number of benzene rings is 1. The molecule has 1 aliphatic heterocycles. The van der Waals surface area contributed by atoms with E-state index in [1.165, 1.54) is 0 Å². The second-order valence-corrected chi connectivity index (χ2v) is 7.42. The van der Waals surface area contributed by atoms with Crippen LogP contribution in [-0.2, 0) is 10.0 Å². The van der Waals surface area contributed by atoms with Crippen molar-refractivity contribution >= 4 is 21.5 Å². The number of rotatable bonds is 3. The van der Waals surface area contributed by atoms with E-state index >= 15 is 0 Å². The van der Waals surface area contributed by atoms with E-state index in [1.807, 2.05) is 19.9 Å². The molecule has 0 unspecified atom stereocenters. The zero-order valence-corrected chi connectivity index (χ0v) is 14.6. The highest BCUT2D eigenvalue weighted by Gasteiger charge is 2.24. The Morgan fingerprint density at radius 1 is 1.00 bits per heavy atom. The first-order valence-electron chi connectivity index (χ1n) is 7.78. The van der Waals surface area contributed by atoms with Gasteiger partial charge in [0.1, 0.15) is 17.0 Å². The van der Waals surface area contributed by atoms with Crippen molar-refractivity contribution in [3.63, 3.8) is 0 Å². The van der Waals surface area contributed by atoms with E-state index in [0.717, 1.165) is 30.2 Å². The van der Waals surface area contributed by atoms with E-state index < -0.39 is 10.0 Å². The molecule has 1 aliphatic rings. The molecule has 8 heteroatoms. The standard InChI is InChI=1S/C16H21N5O2S/c1-12-13(2)18-11-19-16(12)21-9-7-20(8-10-21)14-5-3-4-6-15(14)24(17,22)23/h3-6,11H,7-10H2,1-2H3,(H2,17,22,23). The summed E-state index contributed by atoms with van der Waals surface area (Å²) in [4.78, 5) is 13.0. The third kappa shape index (κ3) is 3.20. The number of piperazine rings is 1. The van der Waals surface area contributed by atoms with Crippen LogP contribution in [0.5, 0.6) is 0 Å². The van der Waals surface area contributed by atoms with Crippen molar-refractivity contribution in [1.29, 1.82) is 0 Å². The molecule has 2 aromatic rings. The number of aryl methyl sites for hydroxylation is 1. The number of para-hydroxylation sites is 1. The number of primary sulfonamides is 1. The van der Waals surface area contributed by atoms with Crippen LogP contribution in [0.4, 0.5) is 11.5 Å². The molecule has 128 valence electrons. The molecule has 1 aromatic heterocycles. The lowest BCUT2D eigenvalue weighted by Gasteiger charge is -2.37. The van der Waals surface area contributed by atoms with Crippen LogP contribution in [0.2, 0.25) is 0 Å². The van der Waals surface area contributed by atoms with Crippen LogP contribution in [0.25, 0.3) is 0 Å². The first kappa shape index (κ1) is 16.7. The van der Waals surface area contributed by atoms with Crippen LogP contribution in [0.1, 0.15) is 11.3 Å². The van der Waals surface area contributed by atoms with Crippen LogP contribution in [0, 0.1) is 13.8 Å². The summed E-state index contributed by atoms with van der Waals surface area (Å²) in [6, 6.07) is 6.87. The molecule has 2 heterocycles. The van der Waals surface area contributed by atoms with E-state index in [1.54, 1.807) is 24.5 Å². The zero-order valence-electron chi connectivity index (χ0n) is 13.8. The maximum Gasteiger partial charge on any atom is 0.240 e. The minimum atomic E-state index is -3.74. The van der Waals surface area contributed by atoms with E-state index in [-0.39, 0.29) is 4.90 Å². The van der Waals surface area contributed by atoms with Gasteiger partial charge in [0, 0.05) is 37.4 Å². The molecular weight excluding hydrogens is 326 g/mol. The van der Waals surface area contributed by atoms with Crippen molar-refractivity contribution in [3.8, 4) is 0 Å². The van der Waals surface area contributed by atoms with Crippen molar-refractivity contribution in [2.24, 2.45) is 5.14 Å².